The van der Waals surface area contributed by atoms with Gasteiger partial charge < -0.3 is 0 Å². The molecular formula is C10H24N2. The van der Waals surface area contributed by atoms with E-state index in [2.05, 4.69) is 45.3 Å². The summed E-state index contributed by atoms with van der Waals surface area (Å²) in [6, 6.07) is 1.22. The lowest BCUT2D eigenvalue weighted by molar-refractivity contribution is 0.361. The average Bonchev–Trinajstić information content (AvgIpc) is 2.03. The summed E-state index contributed by atoms with van der Waals surface area (Å²) < 4.78 is 0. The van der Waals surface area contributed by atoms with Crippen LogP contribution in [0.15, 0.2) is 0 Å². The van der Waals surface area contributed by atoms with Crippen LogP contribution in [-0.2, 0) is 0 Å². The molecule has 0 saturated carbocycles. The molecule has 2 nitrogen and oxygen atoms in total. The fourth-order valence-electron chi connectivity index (χ4n) is 1.14. The van der Waals surface area contributed by atoms with Crippen LogP contribution in [0, 0.1) is 0 Å². The van der Waals surface area contributed by atoms with Crippen LogP contribution in [0.5, 0.6) is 0 Å². The highest BCUT2D eigenvalue weighted by molar-refractivity contribution is 4.67. The SMILES string of the molecule is CCC(C)NC(C)NC(C)CC. The molecule has 0 aromatic rings. The molecule has 2 heteroatoms. The maximum absolute atomic E-state index is 3.48. The summed E-state index contributed by atoms with van der Waals surface area (Å²) in [5.74, 6) is 0. The third-order valence-corrected chi connectivity index (χ3v) is 2.29. The van der Waals surface area contributed by atoms with E-state index in [0.29, 0.717) is 18.2 Å². The summed E-state index contributed by atoms with van der Waals surface area (Å²) in [6.45, 7) is 11.0. The van der Waals surface area contributed by atoms with E-state index in [4.69, 9.17) is 0 Å². The van der Waals surface area contributed by atoms with Crippen LogP contribution < -0.4 is 10.6 Å². The van der Waals surface area contributed by atoms with Crippen LogP contribution in [0.1, 0.15) is 47.5 Å². The van der Waals surface area contributed by atoms with Crippen molar-refractivity contribution in [3.8, 4) is 0 Å². The Morgan fingerprint density at radius 2 is 1.17 bits per heavy atom. The van der Waals surface area contributed by atoms with Crippen molar-refractivity contribution in [2.24, 2.45) is 0 Å². The normalized spacial score (nSPS) is 18.8. The summed E-state index contributed by atoms with van der Waals surface area (Å²) >= 11 is 0. The quantitative estimate of drug-likeness (QED) is 0.600. The van der Waals surface area contributed by atoms with Crippen molar-refractivity contribution >= 4 is 0 Å². The molecule has 0 amide bonds. The molecule has 0 aromatic heterocycles. The minimum absolute atomic E-state index is 0.426. The van der Waals surface area contributed by atoms with Gasteiger partial charge in [-0.15, -0.1) is 0 Å². The van der Waals surface area contributed by atoms with Gasteiger partial charge in [0.05, 0.1) is 6.17 Å². The monoisotopic (exact) mass is 172 g/mol. The van der Waals surface area contributed by atoms with Gasteiger partial charge in [-0.25, -0.2) is 0 Å². The first kappa shape index (κ1) is 11.9. The van der Waals surface area contributed by atoms with Crippen LogP contribution in [0.4, 0.5) is 0 Å². The highest BCUT2D eigenvalue weighted by Crippen LogP contribution is 1.93. The predicted molar refractivity (Wildman–Crippen MR) is 55.2 cm³/mol. The molecule has 0 heterocycles. The Kier molecular flexibility index (Phi) is 6.39. The van der Waals surface area contributed by atoms with Gasteiger partial charge in [-0.05, 0) is 33.6 Å². The molecule has 0 aromatic carbocycles. The van der Waals surface area contributed by atoms with E-state index in [1.807, 2.05) is 0 Å². The average molecular weight is 172 g/mol. The van der Waals surface area contributed by atoms with Gasteiger partial charge in [-0.3, -0.25) is 10.6 Å². The molecule has 0 aliphatic heterocycles. The van der Waals surface area contributed by atoms with Crippen LogP contribution in [0.2, 0.25) is 0 Å². The van der Waals surface area contributed by atoms with Crippen LogP contribution in [-0.4, -0.2) is 18.2 Å². The van der Waals surface area contributed by atoms with Gasteiger partial charge in [-0.1, -0.05) is 13.8 Å². The summed E-state index contributed by atoms with van der Waals surface area (Å²) in [7, 11) is 0. The van der Waals surface area contributed by atoms with E-state index in [1.165, 1.54) is 12.8 Å². The molecule has 0 bridgehead atoms. The van der Waals surface area contributed by atoms with Gasteiger partial charge in [0.1, 0.15) is 0 Å². The Bertz CT molecular complexity index is 92.0. The highest BCUT2D eigenvalue weighted by Gasteiger charge is 2.06. The molecular weight excluding hydrogens is 148 g/mol. The maximum Gasteiger partial charge on any atom is 0.0546 e. The second-order valence-electron chi connectivity index (χ2n) is 3.67. The lowest BCUT2D eigenvalue weighted by atomic mass is 10.2. The van der Waals surface area contributed by atoms with Crippen molar-refractivity contribution in [2.45, 2.75) is 65.7 Å². The third kappa shape index (κ3) is 5.56. The summed E-state index contributed by atoms with van der Waals surface area (Å²) in [5.41, 5.74) is 0. The Labute approximate surface area is 77.1 Å². The zero-order chi connectivity index (χ0) is 9.56. The smallest absolute Gasteiger partial charge is 0.0546 e. The third-order valence-electron chi connectivity index (χ3n) is 2.29. The van der Waals surface area contributed by atoms with Gasteiger partial charge in [-0.2, -0.15) is 0 Å². The maximum atomic E-state index is 3.48. The number of hydrogen-bond donors (Lipinski definition) is 2. The van der Waals surface area contributed by atoms with E-state index in [-0.39, 0.29) is 0 Å². The fourth-order valence-corrected chi connectivity index (χ4v) is 1.14. The van der Waals surface area contributed by atoms with E-state index in [9.17, 15) is 0 Å². The van der Waals surface area contributed by atoms with Gasteiger partial charge in [0, 0.05) is 12.1 Å². The molecule has 74 valence electrons. The second-order valence-corrected chi connectivity index (χ2v) is 3.67. The Morgan fingerprint density at radius 3 is 1.42 bits per heavy atom. The standard InChI is InChI=1S/C10H24N2/c1-6-8(3)11-10(5)12-9(4)7-2/h8-12H,6-7H2,1-5H3. The first-order chi connectivity index (χ1) is 5.60. The molecule has 0 radical (unpaired) electrons. The van der Waals surface area contributed by atoms with Gasteiger partial charge >= 0.3 is 0 Å². The zero-order valence-electron chi connectivity index (χ0n) is 9.15. The van der Waals surface area contributed by atoms with Gasteiger partial charge in [0.25, 0.3) is 0 Å². The molecule has 0 aliphatic rings. The molecule has 2 atom stereocenters. The number of nitrogens with one attached hydrogen (secondary N) is 2. The van der Waals surface area contributed by atoms with Crippen LogP contribution in [0.25, 0.3) is 0 Å². The molecule has 2 N–H and O–H groups in total. The van der Waals surface area contributed by atoms with E-state index in [0.717, 1.165) is 0 Å². The predicted octanol–water partition coefficient (Wildman–Crippen LogP) is 2.11. The van der Waals surface area contributed by atoms with Gasteiger partial charge in [0.2, 0.25) is 0 Å². The molecule has 12 heavy (non-hydrogen) atoms. The Morgan fingerprint density at radius 1 is 0.833 bits per heavy atom. The van der Waals surface area contributed by atoms with Gasteiger partial charge in [0.15, 0.2) is 0 Å². The molecule has 0 rings (SSSR count). The molecule has 0 spiro atoms. The van der Waals surface area contributed by atoms with Crippen LogP contribution >= 0.6 is 0 Å². The van der Waals surface area contributed by atoms with Crippen molar-refractivity contribution in [1.29, 1.82) is 0 Å². The van der Waals surface area contributed by atoms with Crippen molar-refractivity contribution in [3.05, 3.63) is 0 Å². The Balaban J connectivity index is 3.51. The lowest BCUT2D eigenvalue weighted by Crippen LogP contribution is -2.47. The highest BCUT2D eigenvalue weighted by atomic mass is 15.1. The first-order valence-corrected chi connectivity index (χ1v) is 5.12. The second kappa shape index (κ2) is 6.44. The zero-order valence-corrected chi connectivity index (χ0v) is 9.15. The molecule has 0 aliphatic carbocycles. The number of rotatable bonds is 6. The minimum atomic E-state index is 0.426. The van der Waals surface area contributed by atoms with E-state index in [1.54, 1.807) is 0 Å². The van der Waals surface area contributed by atoms with Crippen molar-refractivity contribution in [3.63, 3.8) is 0 Å². The summed E-state index contributed by atoms with van der Waals surface area (Å²) in [5, 5.41) is 6.97. The largest absolute Gasteiger partial charge is 0.300 e. The van der Waals surface area contributed by atoms with Crippen molar-refractivity contribution in [1.82, 2.24) is 10.6 Å². The first-order valence-electron chi connectivity index (χ1n) is 5.12. The minimum Gasteiger partial charge on any atom is -0.300 e. The van der Waals surface area contributed by atoms with E-state index < -0.39 is 0 Å². The van der Waals surface area contributed by atoms with Crippen molar-refractivity contribution < 1.29 is 0 Å². The summed E-state index contributed by atoms with van der Waals surface area (Å²) in [4.78, 5) is 0. The lowest BCUT2D eigenvalue weighted by Gasteiger charge is -2.23. The Hall–Kier alpha value is -0.0800. The van der Waals surface area contributed by atoms with Crippen molar-refractivity contribution in [2.75, 3.05) is 0 Å². The number of hydrogen-bond acceptors (Lipinski definition) is 2. The molecule has 0 fully saturated rings. The van der Waals surface area contributed by atoms with Crippen LogP contribution in [0.3, 0.4) is 0 Å². The molecule has 0 saturated heterocycles. The van der Waals surface area contributed by atoms with E-state index >= 15 is 0 Å². The molecule has 2 unspecified atom stereocenters. The summed E-state index contributed by atoms with van der Waals surface area (Å²) in [6.07, 6.45) is 2.80. The fraction of sp³-hybridized carbons (Fsp3) is 1.00. The topological polar surface area (TPSA) is 24.1 Å².